The highest BCUT2D eigenvalue weighted by atomic mass is 16.5. The van der Waals surface area contributed by atoms with Gasteiger partial charge in [-0.3, -0.25) is 0 Å². The van der Waals surface area contributed by atoms with Crippen LogP contribution in [0.4, 0.5) is 5.69 Å². The van der Waals surface area contributed by atoms with Crippen LogP contribution in [0.3, 0.4) is 0 Å². The van der Waals surface area contributed by atoms with Crippen molar-refractivity contribution in [2.45, 2.75) is 20.4 Å². The highest BCUT2D eigenvalue weighted by Gasteiger charge is 2.10. The van der Waals surface area contributed by atoms with Gasteiger partial charge in [-0.25, -0.2) is 0 Å². The number of nitrogens with one attached hydrogen (secondary N) is 1. The van der Waals surface area contributed by atoms with Gasteiger partial charge in [-0.2, -0.15) is 0 Å². The van der Waals surface area contributed by atoms with E-state index in [1.807, 2.05) is 36.4 Å². The minimum Gasteiger partial charge on any atom is -0.497 e. The van der Waals surface area contributed by atoms with Gasteiger partial charge in [0.25, 0.3) is 0 Å². The molecule has 3 aromatic rings. The van der Waals surface area contributed by atoms with Gasteiger partial charge < -0.3 is 14.5 Å². The van der Waals surface area contributed by atoms with Gasteiger partial charge in [-0.05, 0) is 49.2 Å². The smallest absolute Gasteiger partial charge is 0.247 e. The van der Waals surface area contributed by atoms with Crippen molar-refractivity contribution in [1.82, 2.24) is 10.2 Å². The van der Waals surface area contributed by atoms with E-state index in [-0.39, 0.29) is 0 Å². The molecule has 0 spiro atoms. The molecule has 1 heterocycles. The van der Waals surface area contributed by atoms with Gasteiger partial charge in [0, 0.05) is 11.3 Å². The number of aromatic nitrogens is 2. The Hall–Kier alpha value is -2.82. The van der Waals surface area contributed by atoms with Crippen LogP contribution in [0.1, 0.15) is 17.0 Å². The van der Waals surface area contributed by atoms with Crippen molar-refractivity contribution in [3.63, 3.8) is 0 Å². The normalized spacial score (nSPS) is 10.6. The van der Waals surface area contributed by atoms with Gasteiger partial charge in [-0.15, -0.1) is 10.2 Å². The molecule has 0 atom stereocenters. The van der Waals surface area contributed by atoms with E-state index < -0.39 is 0 Å². The van der Waals surface area contributed by atoms with Crippen molar-refractivity contribution in [2.75, 3.05) is 12.4 Å². The SMILES string of the molecule is COc1cccc(-c2nnc(CNc3cccc(C)c3C)o2)c1. The highest BCUT2D eigenvalue weighted by Crippen LogP contribution is 2.23. The lowest BCUT2D eigenvalue weighted by molar-refractivity contribution is 0.414. The molecule has 3 rings (SSSR count). The van der Waals surface area contributed by atoms with Gasteiger partial charge >= 0.3 is 0 Å². The lowest BCUT2D eigenvalue weighted by Crippen LogP contribution is -2.02. The second kappa shape index (κ2) is 6.52. The van der Waals surface area contributed by atoms with Crippen molar-refractivity contribution in [2.24, 2.45) is 0 Å². The maximum atomic E-state index is 5.72. The average Bonchev–Trinajstić information content (AvgIpc) is 3.05. The molecule has 1 N–H and O–H groups in total. The van der Waals surface area contributed by atoms with Gasteiger partial charge in [0.05, 0.1) is 13.7 Å². The summed E-state index contributed by atoms with van der Waals surface area (Å²) in [5, 5.41) is 11.5. The molecular weight excluding hydrogens is 290 g/mol. The number of methoxy groups -OCH3 is 1. The summed E-state index contributed by atoms with van der Waals surface area (Å²) >= 11 is 0. The fourth-order valence-electron chi connectivity index (χ4n) is 2.31. The van der Waals surface area contributed by atoms with E-state index in [2.05, 4.69) is 35.4 Å². The fourth-order valence-corrected chi connectivity index (χ4v) is 2.31. The first-order valence-corrected chi connectivity index (χ1v) is 7.44. The molecule has 0 amide bonds. The van der Waals surface area contributed by atoms with Crippen LogP contribution in [0, 0.1) is 13.8 Å². The number of benzene rings is 2. The van der Waals surface area contributed by atoms with Gasteiger partial charge in [0.2, 0.25) is 11.8 Å². The standard InChI is InChI=1S/C18H19N3O2/c1-12-6-4-9-16(13(12)2)19-11-17-20-21-18(23-17)14-7-5-8-15(10-14)22-3/h4-10,19H,11H2,1-3H3. The van der Waals surface area contributed by atoms with E-state index in [0.29, 0.717) is 18.3 Å². The van der Waals surface area contributed by atoms with Gasteiger partial charge in [0.1, 0.15) is 5.75 Å². The Balaban J connectivity index is 1.73. The Bertz CT molecular complexity index is 812. The number of aryl methyl sites for hydroxylation is 1. The summed E-state index contributed by atoms with van der Waals surface area (Å²) in [5.41, 5.74) is 4.39. The molecule has 5 nitrogen and oxygen atoms in total. The third-order valence-corrected chi connectivity index (χ3v) is 3.82. The summed E-state index contributed by atoms with van der Waals surface area (Å²) in [7, 11) is 1.63. The van der Waals surface area contributed by atoms with E-state index in [9.17, 15) is 0 Å². The second-order valence-corrected chi connectivity index (χ2v) is 5.33. The van der Waals surface area contributed by atoms with Gasteiger partial charge in [-0.1, -0.05) is 18.2 Å². The van der Waals surface area contributed by atoms with Crippen molar-refractivity contribution in [1.29, 1.82) is 0 Å². The molecule has 0 aliphatic rings. The Labute approximate surface area is 135 Å². The topological polar surface area (TPSA) is 60.2 Å². The first-order chi connectivity index (χ1) is 11.2. The summed E-state index contributed by atoms with van der Waals surface area (Å²) in [4.78, 5) is 0. The molecule has 5 heteroatoms. The molecule has 0 saturated carbocycles. The predicted octanol–water partition coefficient (Wildman–Crippen LogP) is 3.97. The Kier molecular flexibility index (Phi) is 4.28. The number of nitrogens with zero attached hydrogens (tertiary/aromatic N) is 2. The largest absolute Gasteiger partial charge is 0.497 e. The summed E-state index contributed by atoms with van der Waals surface area (Å²) < 4.78 is 10.9. The summed E-state index contributed by atoms with van der Waals surface area (Å²) in [6, 6.07) is 13.7. The van der Waals surface area contributed by atoms with Crippen LogP contribution in [0.5, 0.6) is 5.75 Å². The summed E-state index contributed by atoms with van der Waals surface area (Å²) in [6.07, 6.45) is 0. The van der Waals surface area contributed by atoms with Crippen LogP contribution in [-0.4, -0.2) is 17.3 Å². The van der Waals surface area contributed by atoms with E-state index in [1.165, 1.54) is 11.1 Å². The van der Waals surface area contributed by atoms with Crippen LogP contribution in [0.15, 0.2) is 46.9 Å². The summed E-state index contributed by atoms with van der Waals surface area (Å²) in [6.45, 7) is 4.67. The lowest BCUT2D eigenvalue weighted by atomic mass is 10.1. The molecule has 2 aromatic carbocycles. The van der Waals surface area contributed by atoms with Crippen molar-refractivity contribution < 1.29 is 9.15 Å². The molecule has 118 valence electrons. The monoisotopic (exact) mass is 309 g/mol. The van der Waals surface area contributed by atoms with Crippen LogP contribution in [0.2, 0.25) is 0 Å². The van der Waals surface area contributed by atoms with Crippen molar-refractivity contribution >= 4 is 5.69 Å². The van der Waals surface area contributed by atoms with Crippen molar-refractivity contribution in [3.05, 3.63) is 59.5 Å². The molecule has 0 unspecified atom stereocenters. The van der Waals surface area contributed by atoms with E-state index in [0.717, 1.165) is 17.0 Å². The third-order valence-electron chi connectivity index (χ3n) is 3.82. The molecule has 0 aliphatic carbocycles. The van der Waals surface area contributed by atoms with Gasteiger partial charge in [0.15, 0.2) is 0 Å². The molecular formula is C18H19N3O2. The molecule has 0 saturated heterocycles. The number of hydrogen-bond acceptors (Lipinski definition) is 5. The molecule has 0 aliphatic heterocycles. The first-order valence-electron chi connectivity index (χ1n) is 7.44. The van der Waals surface area contributed by atoms with Crippen LogP contribution in [-0.2, 0) is 6.54 Å². The molecule has 0 bridgehead atoms. The maximum absolute atomic E-state index is 5.72. The predicted molar refractivity (Wildman–Crippen MR) is 89.5 cm³/mol. The van der Waals surface area contributed by atoms with Crippen molar-refractivity contribution in [3.8, 4) is 17.2 Å². The first kappa shape index (κ1) is 15.1. The number of rotatable bonds is 5. The van der Waals surface area contributed by atoms with E-state index in [4.69, 9.17) is 9.15 Å². The average molecular weight is 309 g/mol. The minimum atomic E-state index is 0.487. The Morgan fingerprint density at radius 2 is 1.91 bits per heavy atom. The second-order valence-electron chi connectivity index (χ2n) is 5.33. The van der Waals surface area contributed by atoms with E-state index >= 15 is 0 Å². The van der Waals surface area contributed by atoms with Crippen LogP contribution in [0.25, 0.3) is 11.5 Å². The molecule has 0 fully saturated rings. The zero-order valence-corrected chi connectivity index (χ0v) is 13.5. The zero-order chi connectivity index (χ0) is 16.2. The zero-order valence-electron chi connectivity index (χ0n) is 13.5. The Morgan fingerprint density at radius 1 is 1.09 bits per heavy atom. The minimum absolute atomic E-state index is 0.487. The molecule has 1 aromatic heterocycles. The number of ether oxygens (including phenoxy) is 1. The van der Waals surface area contributed by atoms with Crippen LogP contribution >= 0.6 is 0 Å². The Morgan fingerprint density at radius 3 is 2.74 bits per heavy atom. The molecule has 23 heavy (non-hydrogen) atoms. The number of anilines is 1. The quantitative estimate of drug-likeness (QED) is 0.772. The highest BCUT2D eigenvalue weighted by molar-refractivity contribution is 5.56. The maximum Gasteiger partial charge on any atom is 0.247 e. The van der Waals surface area contributed by atoms with Crippen LogP contribution < -0.4 is 10.1 Å². The lowest BCUT2D eigenvalue weighted by Gasteiger charge is -2.09. The van der Waals surface area contributed by atoms with E-state index in [1.54, 1.807) is 7.11 Å². The summed E-state index contributed by atoms with van der Waals surface area (Å²) in [5.74, 6) is 1.79. The molecule has 0 radical (unpaired) electrons. The third kappa shape index (κ3) is 3.34. The fraction of sp³-hybridized carbons (Fsp3) is 0.222. The number of hydrogen-bond donors (Lipinski definition) is 1.